The first-order valence-electron chi connectivity index (χ1n) is 9.56. The minimum absolute atomic E-state index is 0. The predicted molar refractivity (Wildman–Crippen MR) is 132 cm³/mol. The van der Waals surface area contributed by atoms with E-state index in [1.807, 2.05) is 26.1 Å². The standard InChI is InChI=1S/C21H32N4O2S.HI/c1-15(2)18-9-7-8-10-19(18)27-12-11-23-21(22-4)25(5)13-17-14-28-20(24-17)16(3)26-6;/h7-10,14-16H,11-13H2,1-6H3,(H,22,23);1H. The lowest BCUT2D eigenvalue weighted by Gasteiger charge is -2.21. The lowest BCUT2D eigenvalue weighted by Crippen LogP contribution is -2.40. The molecule has 2 rings (SSSR count). The molecule has 2 aromatic rings. The smallest absolute Gasteiger partial charge is 0.193 e. The lowest BCUT2D eigenvalue weighted by atomic mass is 10.0. The van der Waals surface area contributed by atoms with Gasteiger partial charge in [-0.1, -0.05) is 32.0 Å². The van der Waals surface area contributed by atoms with Crippen LogP contribution in [0.3, 0.4) is 0 Å². The van der Waals surface area contributed by atoms with Crippen molar-refractivity contribution < 1.29 is 9.47 Å². The number of hydrogen-bond acceptors (Lipinski definition) is 5. The highest BCUT2D eigenvalue weighted by atomic mass is 127. The molecule has 0 saturated heterocycles. The zero-order valence-corrected chi connectivity index (χ0v) is 21.3. The van der Waals surface area contributed by atoms with Crippen molar-refractivity contribution in [3.05, 3.63) is 45.9 Å². The third-order valence-electron chi connectivity index (χ3n) is 4.43. The molecule has 1 heterocycles. The summed E-state index contributed by atoms with van der Waals surface area (Å²) >= 11 is 1.62. The molecule has 0 aliphatic heterocycles. The number of hydrogen-bond donors (Lipinski definition) is 1. The van der Waals surface area contributed by atoms with Gasteiger partial charge in [0.2, 0.25) is 0 Å². The third kappa shape index (κ3) is 7.75. The molecule has 6 nitrogen and oxygen atoms in total. The van der Waals surface area contributed by atoms with Crippen LogP contribution in [-0.2, 0) is 11.3 Å². The number of guanidine groups is 1. The van der Waals surface area contributed by atoms with Gasteiger partial charge in [0.25, 0.3) is 0 Å². The van der Waals surface area contributed by atoms with Gasteiger partial charge in [-0.3, -0.25) is 4.99 Å². The summed E-state index contributed by atoms with van der Waals surface area (Å²) in [6.07, 6.45) is 0.0207. The van der Waals surface area contributed by atoms with Gasteiger partial charge in [0.05, 0.1) is 18.8 Å². The van der Waals surface area contributed by atoms with Crippen molar-refractivity contribution in [1.29, 1.82) is 0 Å². The van der Waals surface area contributed by atoms with E-state index in [2.05, 4.69) is 51.6 Å². The van der Waals surface area contributed by atoms with Crippen LogP contribution in [-0.4, -0.2) is 50.2 Å². The summed E-state index contributed by atoms with van der Waals surface area (Å²) in [5.74, 6) is 2.20. The van der Waals surface area contributed by atoms with Crippen LogP contribution in [0.4, 0.5) is 0 Å². The second kappa shape index (κ2) is 13.0. The van der Waals surface area contributed by atoms with E-state index in [0.29, 0.717) is 25.6 Å². The fraction of sp³-hybridized carbons (Fsp3) is 0.524. The van der Waals surface area contributed by atoms with E-state index in [9.17, 15) is 0 Å². The zero-order valence-electron chi connectivity index (χ0n) is 18.1. The number of halogens is 1. The quantitative estimate of drug-likeness (QED) is 0.220. The van der Waals surface area contributed by atoms with E-state index in [1.54, 1.807) is 25.5 Å². The van der Waals surface area contributed by atoms with E-state index < -0.39 is 0 Å². The largest absolute Gasteiger partial charge is 0.491 e. The summed E-state index contributed by atoms with van der Waals surface area (Å²) in [7, 11) is 5.49. The highest BCUT2D eigenvalue weighted by molar-refractivity contribution is 14.0. The maximum atomic E-state index is 5.97. The Kier molecular flexibility index (Phi) is 11.5. The van der Waals surface area contributed by atoms with Crippen LogP contribution in [0.2, 0.25) is 0 Å². The number of para-hydroxylation sites is 1. The molecule has 0 bridgehead atoms. The number of rotatable bonds is 9. The van der Waals surface area contributed by atoms with Gasteiger partial charge in [-0.2, -0.15) is 0 Å². The average molecular weight is 532 g/mol. The molecule has 162 valence electrons. The van der Waals surface area contributed by atoms with Gasteiger partial charge < -0.3 is 19.7 Å². The highest BCUT2D eigenvalue weighted by Gasteiger charge is 2.13. The molecule has 8 heteroatoms. The topological polar surface area (TPSA) is 59.0 Å². The Bertz CT molecular complexity index is 767. The number of nitrogens with zero attached hydrogens (tertiary/aromatic N) is 3. The third-order valence-corrected chi connectivity index (χ3v) is 5.48. The van der Waals surface area contributed by atoms with Crippen molar-refractivity contribution in [1.82, 2.24) is 15.2 Å². The monoisotopic (exact) mass is 532 g/mol. The number of thiazole rings is 1. The number of aliphatic imine (C=N–C) groups is 1. The Morgan fingerprint density at radius 3 is 2.66 bits per heavy atom. The van der Waals surface area contributed by atoms with Gasteiger partial charge in [-0.05, 0) is 24.5 Å². The van der Waals surface area contributed by atoms with Gasteiger partial charge in [0, 0.05) is 26.6 Å². The number of aromatic nitrogens is 1. The zero-order chi connectivity index (χ0) is 20.5. The maximum absolute atomic E-state index is 5.97. The van der Waals surface area contributed by atoms with E-state index >= 15 is 0 Å². The summed E-state index contributed by atoms with van der Waals surface area (Å²) in [5.41, 5.74) is 2.24. The van der Waals surface area contributed by atoms with E-state index in [1.165, 1.54) is 5.56 Å². The second-order valence-corrected chi connectivity index (χ2v) is 7.82. The SMILES string of the molecule is CN=C(NCCOc1ccccc1C(C)C)N(C)Cc1csc(C(C)OC)n1.I. The first-order chi connectivity index (χ1) is 13.5. The first kappa shape index (κ1) is 25.6. The summed E-state index contributed by atoms with van der Waals surface area (Å²) in [6.45, 7) is 8.28. The molecule has 29 heavy (non-hydrogen) atoms. The predicted octanol–water partition coefficient (Wildman–Crippen LogP) is 4.68. The molecular weight excluding hydrogens is 499 g/mol. The van der Waals surface area contributed by atoms with Crippen molar-refractivity contribution in [2.24, 2.45) is 4.99 Å². The highest BCUT2D eigenvalue weighted by Crippen LogP contribution is 2.25. The molecular formula is C21H33IN4O2S. The van der Waals surface area contributed by atoms with Crippen molar-refractivity contribution in [2.75, 3.05) is 34.4 Å². The molecule has 0 amide bonds. The molecule has 1 unspecified atom stereocenters. The van der Waals surface area contributed by atoms with Crippen LogP contribution in [0.25, 0.3) is 0 Å². The molecule has 1 aromatic heterocycles. The Morgan fingerprint density at radius 2 is 2.00 bits per heavy atom. The van der Waals surface area contributed by atoms with Crippen LogP contribution in [0.5, 0.6) is 5.75 Å². The van der Waals surface area contributed by atoms with Gasteiger partial charge >= 0.3 is 0 Å². The maximum Gasteiger partial charge on any atom is 0.193 e. The molecule has 1 aromatic carbocycles. The van der Waals surface area contributed by atoms with Crippen molar-refractivity contribution in [2.45, 2.75) is 39.3 Å². The van der Waals surface area contributed by atoms with E-state index in [0.717, 1.165) is 22.4 Å². The van der Waals surface area contributed by atoms with Crippen LogP contribution in [0.15, 0.2) is 34.6 Å². The van der Waals surface area contributed by atoms with Gasteiger partial charge in [-0.15, -0.1) is 35.3 Å². The van der Waals surface area contributed by atoms with Crippen molar-refractivity contribution in [3.8, 4) is 5.75 Å². The second-order valence-electron chi connectivity index (χ2n) is 6.93. The number of benzene rings is 1. The summed E-state index contributed by atoms with van der Waals surface area (Å²) < 4.78 is 11.3. The molecule has 1 atom stereocenters. The molecule has 1 N–H and O–H groups in total. The van der Waals surface area contributed by atoms with Crippen molar-refractivity contribution >= 4 is 41.3 Å². The average Bonchev–Trinajstić information content (AvgIpc) is 3.15. The van der Waals surface area contributed by atoms with Crippen LogP contribution >= 0.6 is 35.3 Å². The Labute approximate surface area is 195 Å². The molecule has 0 saturated carbocycles. The Hall–Kier alpha value is -1.39. The minimum Gasteiger partial charge on any atom is -0.491 e. The van der Waals surface area contributed by atoms with Gasteiger partial charge in [0.15, 0.2) is 5.96 Å². The molecule has 0 aliphatic rings. The number of ether oxygens (including phenoxy) is 2. The molecule has 0 fully saturated rings. The lowest BCUT2D eigenvalue weighted by molar-refractivity contribution is 0.119. The Balaban J connectivity index is 0.00000420. The minimum atomic E-state index is 0. The van der Waals surface area contributed by atoms with E-state index in [4.69, 9.17) is 9.47 Å². The van der Waals surface area contributed by atoms with Crippen LogP contribution in [0.1, 0.15) is 49.1 Å². The van der Waals surface area contributed by atoms with Crippen LogP contribution < -0.4 is 10.1 Å². The molecule has 0 radical (unpaired) electrons. The van der Waals surface area contributed by atoms with Crippen LogP contribution in [0, 0.1) is 0 Å². The number of nitrogens with one attached hydrogen (secondary N) is 1. The number of methoxy groups -OCH3 is 1. The summed E-state index contributed by atoms with van der Waals surface area (Å²) in [6, 6.07) is 8.20. The fourth-order valence-corrected chi connectivity index (χ4v) is 3.64. The van der Waals surface area contributed by atoms with Gasteiger partial charge in [-0.25, -0.2) is 4.98 Å². The van der Waals surface area contributed by atoms with Gasteiger partial charge in [0.1, 0.15) is 23.5 Å². The summed E-state index contributed by atoms with van der Waals surface area (Å²) in [5, 5.41) is 6.41. The first-order valence-corrected chi connectivity index (χ1v) is 10.4. The summed E-state index contributed by atoms with van der Waals surface area (Å²) in [4.78, 5) is 11.1. The van der Waals surface area contributed by atoms with Crippen molar-refractivity contribution in [3.63, 3.8) is 0 Å². The normalized spacial score (nSPS) is 12.4. The van der Waals surface area contributed by atoms with E-state index in [-0.39, 0.29) is 30.1 Å². The molecule has 0 aliphatic carbocycles. The Morgan fingerprint density at radius 1 is 1.28 bits per heavy atom. The molecule has 0 spiro atoms. The fourth-order valence-electron chi connectivity index (χ4n) is 2.80.